The average molecular weight is 373 g/mol. The number of aromatic nitrogens is 5. The molecule has 3 heterocycles. The second-order valence-corrected chi connectivity index (χ2v) is 8.27. The van der Waals surface area contributed by atoms with Gasteiger partial charge in [0, 0.05) is 31.6 Å². The number of imidazole rings is 1. The van der Waals surface area contributed by atoms with Gasteiger partial charge in [0.05, 0.1) is 17.5 Å². The molecule has 0 spiro atoms. The topological polar surface area (TPSA) is 90.6 Å². The number of hydrogen-bond donors (Lipinski definition) is 0. The van der Waals surface area contributed by atoms with Crippen LogP contribution >= 0.6 is 0 Å². The third-order valence-corrected chi connectivity index (χ3v) is 5.94. The first kappa shape index (κ1) is 18.4. The molecule has 26 heavy (non-hydrogen) atoms. The number of fused-ring (bicyclic) bond motifs is 1. The van der Waals surface area contributed by atoms with E-state index in [4.69, 9.17) is 0 Å². The molecule has 3 aromatic heterocycles. The van der Waals surface area contributed by atoms with Crippen LogP contribution in [-0.4, -0.2) is 38.7 Å². The Morgan fingerprint density at radius 3 is 2.58 bits per heavy atom. The Bertz CT molecular complexity index is 983. The van der Waals surface area contributed by atoms with Crippen molar-refractivity contribution in [3.63, 3.8) is 0 Å². The van der Waals surface area contributed by atoms with Crippen LogP contribution in [0.25, 0.3) is 11.0 Å². The normalized spacial score (nSPS) is 11.9. The van der Waals surface area contributed by atoms with Gasteiger partial charge < -0.3 is 4.57 Å². The molecule has 0 aliphatic heterocycles. The first-order valence-corrected chi connectivity index (χ1v) is 10.5. The predicted molar refractivity (Wildman–Crippen MR) is 99.6 cm³/mol. The molecule has 0 radical (unpaired) electrons. The number of hydrogen-bond acceptors (Lipinski definition) is 6. The van der Waals surface area contributed by atoms with Gasteiger partial charge in [0.2, 0.25) is 15.0 Å². The smallest absolute Gasteiger partial charge is 0.246 e. The van der Waals surface area contributed by atoms with Gasteiger partial charge in [-0.1, -0.05) is 13.3 Å². The van der Waals surface area contributed by atoms with Crippen LogP contribution in [0.4, 0.5) is 0 Å². The zero-order valence-electron chi connectivity index (χ0n) is 15.1. The van der Waals surface area contributed by atoms with Crippen LogP contribution in [0.1, 0.15) is 37.6 Å². The van der Waals surface area contributed by atoms with Crippen LogP contribution in [0.5, 0.6) is 0 Å². The van der Waals surface area contributed by atoms with Crippen LogP contribution in [0.2, 0.25) is 0 Å². The summed E-state index contributed by atoms with van der Waals surface area (Å²) in [7, 11) is -3.40. The van der Waals surface area contributed by atoms with Crippen molar-refractivity contribution in [1.29, 1.82) is 0 Å². The van der Waals surface area contributed by atoms with Gasteiger partial charge in [0.1, 0.15) is 11.3 Å². The standard InChI is InChI=1S/C18H23N5O2S/c1-3-16-22-15-13-19-12-14(2)17(15)23(16)10-5-4-6-11-26(24,25)18-20-8-7-9-21-18/h7-9,12-13H,3-6,10-11H2,1-2H3. The van der Waals surface area contributed by atoms with Gasteiger partial charge in [-0.05, 0) is 31.4 Å². The van der Waals surface area contributed by atoms with Crippen molar-refractivity contribution >= 4 is 20.9 Å². The monoisotopic (exact) mass is 373 g/mol. The molecule has 8 heteroatoms. The fourth-order valence-corrected chi connectivity index (χ4v) is 4.30. The summed E-state index contributed by atoms with van der Waals surface area (Å²) in [4.78, 5) is 16.5. The summed E-state index contributed by atoms with van der Waals surface area (Å²) in [6, 6.07) is 1.61. The largest absolute Gasteiger partial charge is 0.328 e. The third-order valence-electron chi connectivity index (χ3n) is 4.34. The zero-order valence-corrected chi connectivity index (χ0v) is 15.9. The van der Waals surface area contributed by atoms with Gasteiger partial charge in [-0.15, -0.1) is 0 Å². The number of nitrogens with zero attached hydrogens (tertiary/aromatic N) is 5. The van der Waals surface area contributed by atoms with Crippen molar-refractivity contribution in [2.75, 3.05) is 5.75 Å². The molecule has 0 aliphatic carbocycles. The Hall–Kier alpha value is -2.35. The van der Waals surface area contributed by atoms with Crippen molar-refractivity contribution in [2.24, 2.45) is 0 Å². The molecule has 3 rings (SSSR count). The van der Waals surface area contributed by atoms with Crippen molar-refractivity contribution in [3.8, 4) is 0 Å². The Balaban J connectivity index is 1.60. The number of sulfone groups is 1. The minimum absolute atomic E-state index is 0.0747. The lowest BCUT2D eigenvalue weighted by atomic mass is 10.2. The van der Waals surface area contributed by atoms with Crippen molar-refractivity contribution in [2.45, 2.75) is 51.2 Å². The van der Waals surface area contributed by atoms with Gasteiger partial charge >= 0.3 is 0 Å². The van der Waals surface area contributed by atoms with E-state index >= 15 is 0 Å². The highest BCUT2D eigenvalue weighted by Gasteiger charge is 2.17. The Morgan fingerprint density at radius 1 is 1.08 bits per heavy atom. The van der Waals surface area contributed by atoms with Gasteiger partial charge in [-0.25, -0.2) is 23.4 Å². The Labute approximate surface area is 153 Å². The minimum atomic E-state index is -3.40. The fraction of sp³-hybridized carbons (Fsp3) is 0.444. The molecule has 0 aliphatic rings. The van der Waals surface area contributed by atoms with Crippen LogP contribution in [0.15, 0.2) is 36.0 Å². The van der Waals surface area contributed by atoms with Crippen molar-refractivity contribution in [3.05, 3.63) is 42.2 Å². The predicted octanol–water partition coefficient (Wildman–Crippen LogP) is 2.74. The summed E-state index contributed by atoms with van der Waals surface area (Å²) in [5.74, 6) is 1.12. The van der Waals surface area contributed by atoms with E-state index in [9.17, 15) is 8.42 Å². The van der Waals surface area contributed by atoms with Gasteiger partial charge in [-0.3, -0.25) is 4.98 Å². The molecule has 138 valence electrons. The van der Waals surface area contributed by atoms with Crippen molar-refractivity contribution in [1.82, 2.24) is 24.5 Å². The summed E-state index contributed by atoms with van der Waals surface area (Å²) in [5.41, 5.74) is 3.16. The molecule has 0 unspecified atom stereocenters. The maximum atomic E-state index is 12.2. The second-order valence-electron chi connectivity index (χ2n) is 6.27. The molecule has 3 aromatic rings. The number of pyridine rings is 1. The van der Waals surface area contributed by atoms with E-state index in [0.29, 0.717) is 6.42 Å². The summed E-state index contributed by atoms with van der Waals surface area (Å²) in [6.45, 7) is 4.96. The molecule has 0 aromatic carbocycles. The van der Waals surface area contributed by atoms with E-state index in [1.807, 2.05) is 13.1 Å². The van der Waals surface area contributed by atoms with E-state index in [-0.39, 0.29) is 10.9 Å². The molecule has 0 fully saturated rings. The second kappa shape index (κ2) is 7.90. The summed E-state index contributed by atoms with van der Waals surface area (Å²) < 4.78 is 26.6. The van der Waals surface area contributed by atoms with Crippen LogP contribution < -0.4 is 0 Å². The molecule has 7 nitrogen and oxygen atoms in total. The molecule has 0 amide bonds. The first-order valence-electron chi connectivity index (χ1n) is 8.82. The average Bonchev–Trinajstić information content (AvgIpc) is 3.01. The van der Waals surface area contributed by atoms with E-state index < -0.39 is 9.84 Å². The van der Waals surface area contributed by atoms with E-state index in [1.165, 1.54) is 12.4 Å². The minimum Gasteiger partial charge on any atom is -0.328 e. The highest BCUT2D eigenvalue weighted by Crippen LogP contribution is 2.20. The molecule has 0 bridgehead atoms. The number of unbranched alkanes of at least 4 members (excludes halogenated alkanes) is 2. The highest BCUT2D eigenvalue weighted by molar-refractivity contribution is 7.91. The summed E-state index contributed by atoms with van der Waals surface area (Å²) >= 11 is 0. The third kappa shape index (κ3) is 3.90. The Kier molecular flexibility index (Phi) is 5.61. The summed E-state index contributed by atoms with van der Waals surface area (Å²) in [6.07, 6.45) is 9.71. The molecule has 0 saturated carbocycles. The fourth-order valence-electron chi connectivity index (χ4n) is 3.09. The highest BCUT2D eigenvalue weighted by atomic mass is 32.2. The van der Waals surface area contributed by atoms with E-state index in [0.717, 1.165) is 48.2 Å². The molecular formula is C18H23N5O2S. The number of aryl methyl sites for hydroxylation is 3. The van der Waals surface area contributed by atoms with E-state index in [2.05, 4.69) is 31.4 Å². The quantitative estimate of drug-likeness (QED) is 0.445. The first-order chi connectivity index (χ1) is 12.5. The summed E-state index contributed by atoms with van der Waals surface area (Å²) in [5, 5.41) is -0.0861. The van der Waals surface area contributed by atoms with Crippen LogP contribution in [0, 0.1) is 6.92 Å². The van der Waals surface area contributed by atoms with Gasteiger partial charge in [0.25, 0.3) is 0 Å². The lowest BCUT2D eigenvalue weighted by molar-refractivity contribution is 0.569. The van der Waals surface area contributed by atoms with Gasteiger partial charge in [-0.2, -0.15) is 0 Å². The molecule has 0 saturated heterocycles. The maximum Gasteiger partial charge on any atom is 0.246 e. The van der Waals surface area contributed by atoms with Gasteiger partial charge in [0.15, 0.2) is 0 Å². The molecule has 0 atom stereocenters. The lowest BCUT2D eigenvalue weighted by Gasteiger charge is -2.09. The van der Waals surface area contributed by atoms with Crippen LogP contribution in [-0.2, 0) is 22.8 Å². The molecular weight excluding hydrogens is 350 g/mol. The SMILES string of the molecule is CCc1nc2cncc(C)c2n1CCCCCS(=O)(=O)c1ncccn1. The lowest BCUT2D eigenvalue weighted by Crippen LogP contribution is -2.11. The zero-order chi connectivity index (χ0) is 18.6. The van der Waals surface area contributed by atoms with Crippen molar-refractivity contribution < 1.29 is 8.42 Å². The number of rotatable bonds is 8. The maximum absolute atomic E-state index is 12.2. The Morgan fingerprint density at radius 2 is 1.85 bits per heavy atom. The van der Waals surface area contributed by atoms with Crippen LogP contribution in [0.3, 0.4) is 0 Å². The van der Waals surface area contributed by atoms with E-state index in [1.54, 1.807) is 12.3 Å². The molecule has 0 N–H and O–H groups in total.